The molecule has 7 nitrogen and oxygen atoms in total. The number of hydrogen-bond acceptors (Lipinski definition) is 6. The van der Waals surface area contributed by atoms with Crippen LogP contribution in [0.2, 0.25) is 0 Å². The second-order valence-electron chi connectivity index (χ2n) is 10.0. The molecule has 0 radical (unpaired) electrons. The number of nitrogens with zero attached hydrogens (tertiary/aromatic N) is 2. The van der Waals surface area contributed by atoms with Gasteiger partial charge in [0.2, 0.25) is 0 Å². The number of ether oxygens (including phenoxy) is 2. The molecule has 1 aliphatic heterocycles. The predicted octanol–water partition coefficient (Wildman–Crippen LogP) is 6.38. The van der Waals surface area contributed by atoms with Gasteiger partial charge in [-0.3, -0.25) is 14.6 Å². The van der Waals surface area contributed by atoms with E-state index in [2.05, 4.69) is 11.1 Å². The average molecular weight is 549 g/mol. The lowest BCUT2D eigenvalue weighted by Crippen LogP contribution is -2.29. The van der Waals surface area contributed by atoms with Gasteiger partial charge in [-0.15, -0.1) is 0 Å². The van der Waals surface area contributed by atoms with Crippen LogP contribution in [0.5, 0.6) is 11.5 Å². The fourth-order valence-corrected chi connectivity index (χ4v) is 4.87. The van der Waals surface area contributed by atoms with Gasteiger partial charge in [0.05, 0.1) is 18.2 Å². The van der Waals surface area contributed by atoms with Crippen LogP contribution in [-0.4, -0.2) is 33.3 Å². The number of aromatic nitrogens is 1. The topological polar surface area (TPSA) is 89.0 Å². The van der Waals surface area contributed by atoms with Crippen LogP contribution in [0.1, 0.15) is 47.2 Å². The number of Topliss-reactive ketones (excluding diaryl/α,β-unsaturated/α-hetero) is 1. The molecule has 1 fully saturated rings. The maximum absolute atomic E-state index is 13.4. The molecule has 1 atom stereocenters. The third-order valence-electron chi connectivity index (χ3n) is 6.93. The number of aliphatic hydroxyl groups excluding tert-OH is 1. The Morgan fingerprint density at radius 1 is 0.878 bits per heavy atom. The van der Waals surface area contributed by atoms with Crippen LogP contribution in [0, 0.1) is 6.92 Å². The van der Waals surface area contributed by atoms with Crippen LogP contribution in [0.3, 0.4) is 0 Å². The Kier molecular flexibility index (Phi) is 8.44. The molecule has 1 aliphatic rings. The van der Waals surface area contributed by atoms with Crippen LogP contribution in [0.25, 0.3) is 5.76 Å². The molecule has 5 rings (SSSR count). The maximum atomic E-state index is 13.4. The number of likely N-dealkylation sites (tertiary alicyclic amines) is 1. The van der Waals surface area contributed by atoms with E-state index < -0.39 is 17.7 Å². The molecule has 3 aromatic carbocycles. The number of aliphatic hydroxyl groups is 1. The normalized spacial score (nSPS) is 16.1. The Morgan fingerprint density at radius 2 is 1.56 bits per heavy atom. The van der Waals surface area contributed by atoms with Gasteiger partial charge >= 0.3 is 0 Å². The summed E-state index contributed by atoms with van der Waals surface area (Å²) in [6.45, 7) is 5.25. The third kappa shape index (κ3) is 6.30. The Labute approximate surface area is 239 Å². The van der Waals surface area contributed by atoms with E-state index in [-0.39, 0.29) is 17.9 Å². The Bertz CT molecular complexity index is 1550. The average Bonchev–Trinajstić information content (AvgIpc) is 3.24. The van der Waals surface area contributed by atoms with Gasteiger partial charge in [0.25, 0.3) is 11.7 Å². The summed E-state index contributed by atoms with van der Waals surface area (Å²) in [4.78, 5) is 32.2. The van der Waals surface area contributed by atoms with E-state index in [0.29, 0.717) is 35.8 Å². The quantitative estimate of drug-likeness (QED) is 0.141. The van der Waals surface area contributed by atoms with Crippen molar-refractivity contribution in [2.45, 2.75) is 39.5 Å². The van der Waals surface area contributed by atoms with Gasteiger partial charge in [-0.25, -0.2) is 0 Å². The lowest BCUT2D eigenvalue weighted by molar-refractivity contribution is -0.140. The number of hydrogen-bond donors (Lipinski definition) is 1. The highest BCUT2D eigenvalue weighted by molar-refractivity contribution is 6.46. The van der Waals surface area contributed by atoms with E-state index in [0.717, 1.165) is 23.1 Å². The summed E-state index contributed by atoms with van der Waals surface area (Å²) in [7, 11) is 0. The van der Waals surface area contributed by atoms with Crippen molar-refractivity contribution in [3.63, 3.8) is 0 Å². The van der Waals surface area contributed by atoms with Gasteiger partial charge in [-0.05, 0) is 78.6 Å². The van der Waals surface area contributed by atoms with Crippen molar-refractivity contribution in [3.8, 4) is 11.5 Å². The van der Waals surface area contributed by atoms with E-state index in [1.54, 1.807) is 48.8 Å². The molecule has 0 spiro atoms. The van der Waals surface area contributed by atoms with E-state index >= 15 is 0 Å². The highest BCUT2D eigenvalue weighted by Crippen LogP contribution is 2.40. The van der Waals surface area contributed by atoms with Crippen molar-refractivity contribution in [3.05, 3.63) is 131 Å². The van der Waals surface area contributed by atoms with Crippen molar-refractivity contribution in [2.24, 2.45) is 0 Å². The molecule has 0 saturated carbocycles. The SMILES string of the molecule is CCCOc1ccc(C2C(=C(O)c3ccc(OCc4cccc(C)c4)cc3)C(=O)C(=O)N2Cc2ccncc2)cc1. The van der Waals surface area contributed by atoms with Crippen molar-refractivity contribution in [1.29, 1.82) is 0 Å². The lowest BCUT2D eigenvalue weighted by Gasteiger charge is -2.25. The van der Waals surface area contributed by atoms with Gasteiger partial charge in [0.1, 0.15) is 23.9 Å². The van der Waals surface area contributed by atoms with E-state index in [1.807, 2.05) is 56.3 Å². The first-order chi connectivity index (χ1) is 19.9. The third-order valence-corrected chi connectivity index (χ3v) is 6.93. The maximum Gasteiger partial charge on any atom is 0.295 e. The molecule has 41 heavy (non-hydrogen) atoms. The molecule has 1 unspecified atom stereocenters. The van der Waals surface area contributed by atoms with Crippen molar-refractivity contribution in [2.75, 3.05) is 6.61 Å². The van der Waals surface area contributed by atoms with Gasteiger partial charge in [0.15, 0.2) is 0 Å². The minimum Gasteiger partial charge on any atom is -0.507 e. The number of pyridine rings is 1. The van der Waals surface area contributed by atoms with Gasteiger partial charge in [-0.2, -0.15) is 0 Å². The molecule has 1 aromatic heterocycles. The van der Waals surface area contributed by atoms with Crippen LogP contribution >= 0.6 is 0 Å². The second-order valence-corrected chi connectivity index (χ2v) is 10.0. The number of benzene rings is 3. The summed E-state index contributed by atoms with van der Waals surface area (Å²) in [5.74, 6) is -0.309. The van der Waals surface area contributed by atoms with E-state index in [4.69, 9.17) is 9.47 Å². The molecule has 1 N–H and O–H groups in total. The highest BCUT2D eigenvalue weighted by atomic mass is 16.5. The monoisotopic (exact) mass is 548 g/mol. The van der Waals surface area contributed by atoms with Gasteiger partial charge in [0, 0.05) is 24.5 Å². The first-order valence-electron chi connectivity index (χ1n) is 13.6. The lowest BCUT2D eigenvalue weighted by atomic mass is 9.95. The number of ketones is 1. The van der Waals surface area contributed by atoms with Crippen molar-refractivity contribution >= 4 is 17.4 Å². The molecule has 208 valence electrons. The number of carbonyl (C=O) groups excluding carboxylic acids is 2. The van der Waals surface area contributed by atoms with Crippen LogP contribution in [0.15, 0.2) is 103 Å². The predicted molar refractivity (Wildman–Crippen MR) is 156 cm³/mol. The second kappa shape index (κ2) is 12.5. The molecule has 0 aliphatic carbocycles. The van der Waals surface area contributed by atoms with Gasteiger partial charge < -0.3 is 19.5 Å². The summed E-state index contributed by atoms with van der Waals surface area (Å²) in [6.07, 6.45) is 4.16. The summed E-state index contributed by atoms with van der Waals surface area (Å²) in [5.41, 5.74) is 4.19. The van der Waals surface area contributed by atoms with Crippen molar-refractivity contribution in [1.82, 2.24) is 9.88 Å². The minimum absolute atomic E-state index is 0.0414. The molecule has 1 saturated heterocycles. The fraction of sp³-hybridized carbons (Fsp3) is 0.206. The number of rotatable bonds is 10. The number of amides is 1. The first kappa shape index (κ1) is 27.6. The molecule has 1 amide bonds. The van der Waals surface area contributed by atoms with Gasteiger partial charge in [-0.1, -0.05) is 48.9 Å². The van der Waals surface area contributed by atoms with E-state index in [9.17, 15) is 14.7 Å². The Balaban J connectivity index is 1.46. The standard InChI is InChI=1S/C34H32N2O5/c1-3-19-40-28-11-7-26(8-12-28)31-30(33(38)34(39)36(31)21-24-15-17-35-18-16-24)32(37)27-9-13-29(14-10-27)41-22-25-6-4-5-23(2)20-25/h4-18,20,31,37H,3,19,21-22H2,1-2H3. The number of aryl methyl sites for hydroxylation is 1. The zero-order valence-electron chi connectivity index (χ0n) is 23.1. The minimum atomic E-state index is -0.777. The summed E-state index contributed by atoms with van der Waals surface area (Å²) >= 11 is 0. The fourth-order valence-electron chi connectivity index (χ4n) is 4.87. The van der Waals surface area contributed by atoms with Crippen LogP contribution in [0.4, 0.5) is 0 Å². The van der Waals surface area contributed by atoms with Crippen molar-refractivity contribution < 1.29 is 24.2 Å². The molecule has 2 heterocycles. The van der Waals surface area contributed by atoms with E-state index in [1.165, 1.54) is 4.90 Å². The zero-order chi connectivity index (χ0) is 28.8. The number of carbonyl (C=O) groups is 2. The molecular weight excluding hydrogens is 516 g/mol. The Hall–Kier alpha value is -4.91. The molecular formula is C34H32N2O5. The summed E-state index contributed by atoms with van der Waals surface area (Å²) in [5, 5.41) is 11.4. The molecule has 7 heteroatoms. The highest BCUT2D eigenvalue weighted by Gasteiger charge is 2.46. The Morgan fingerprint density at radius 3 is 2.24 bits per heavy atom. The largest absolute Gasteiger partial charge is 0.507 e. The zero-order valence-corrected chi connectivity index (χ0v) is 23.1. The van der Waals surface area contributed by atoms with Crippen LogP contribution in [-0.2, 0) is 22.7 Å². The smallest absolute Gasteiger partial charge is 0.295 e. The molecule has 0 bridgehead atoms. The molecule has 4 aromatic rings. The van der Waals surface area contributed by atoms with Crippen LogP contribution < -0.4 is 9.47 Å². The summed E-state index contributed by atoms with van der Waals surface area (Å²) < 4.78 is 11.6. The summed E-state index contributed by atoms with van der Waals surface area (Å²) in [6, 6.07) is 25.1. The first-order valence-corrected chi connectivity index (χ1v) is 13.6.